The number of amides is 1. The van der Waals surface area contributed by atoms with Gasteiger partial charge in [-0.2, -0.15) is 4.98 Å². The van der Waals surface area contributed by atoms with Crippen molar-refractivity contribution in [2.75, 3.05) is 25.5 Å². The van der Waals surface area contributed by atoms with E-state index in [1.54, 1.807) is 7.11 Å². The molecule has 0 atom stereocenters. The first-order valence-electron chi connectivity index (χ1n) is 11.2. The van der Waals surface area contributed by atoms with Crippen LogP contribution >= 0.6 is 0 Å². The molecule has 1 aliphatic rings. The Morgan fingerprint density at radius 2 is 1.82 bits per heavy atom. The van der Waals surface area contributed by atoms with Crippen LogP contribution in [0.4, 0.5) is 5.69 Å². The van der Waals surface area contributed by atoms with E-state index < -0.39 is 0 Å². The zero-order chi connectivity index (χ0) is 22.6. The van der Waals surface area contributed by atoms with Gasteiger partial charge in [-0.3, -0.25) is 9.69 Å². The van der Waals surface area contributed by atoms with E-state index in [1.165, 1.54) is 0 Å². The van der Waals surface area contributed by atoms with Crippen LogP contribution in [-0.4, -0.2) is 41.1 Å². The summed E-state index contributed by atoms with van der Waals surface area (Å²) >= 11 is 0. The molecule has 33 heavy (non-hydrogen) atoms. The minimum atomic E-state index is -0.00207. The Morgan fingerprint density at radius 1 is 1.06 bits per heavy atom. The van der Waals surface area contributed by atoms with Crippen molar-refractivity contribution in [3.63, 3.8) is 0 Å². The number of ether oxygens (including phenoxy) is 1. The zero-order valence-corrected chi connectivity index (χ0v) is 18.5. The van der Waals surface area contributed by atoms with Crippen molar-refractivity contribution in [3.8, 4) is 17.1 Å². The molecule has 7 heteroatoms. The number of carbonyl (C=O) groups excluding carboxylic acids is 1. The minimum absolute atomic E-state index is 0.00207. The molecule has 1 amide bonds. The molecule has 0 bridgehead atoms. The second kappa shape index (κ2) is 9.42. The van der Waals surface area contributed by atoms with Crippen LogP contribution in [0.1, 0.15) is 18.7 Å². The third-order valence-electron chi connectivity index (χ3n) is 6.18. The fourth-order valence-electron chi connectivity index (χ4n) is 4.29. The predicted molar refractivity (Wildman–Crippen MR) is 127 cm³/mol. The molecule has 5 rings (SSSR count). The summed E-state index contributed by atoms with van der Waals surface area (Å²) in [7, 11) is 1.64. The molecule has 0 spiro atoms. The summed E-state index contributed by atoms with van der Waals surface area (Å²) in [6.45, 7) is 2.21. The van der Waals surface area contributed by atoms with E-state index in [-0.39, 0.29) is 11.8 Å². The van der Waals surface area contributed by atoms with Crippen molar-refractivity contribution in [2.45, 2.75) is 19.4 Å². The van der Waals surface area contributed by atoms with Crippen LogP contribution < -0.4 is 10.1 Å². The van der Waals surface area contributed by atoms with Gasteiger partial charge in [0.1, 0.15) is 5.75 Å². The summed E-state index contributed by atoms with van der Waals surface area (Å²) in [6.07, 6.45) is 1.60. The largest absolute Gasteiger partial charge is 0.497 e. The van der Waals surface area contributed by atoms with Gasteiger partial charge >= 0.3 is 0 Å². The molecule has 0 radical (unpaired) electrons. The van der Waals surface area contributed by atoms with Gasteiger partial charge in [0.2, 0.25) is 17.6 Å². The topological polar surface area (TPSA) is 80.5 Å². The second-order valence-corrected chi connectivity index (χ2v) is 8.31. The van der Waals surface area contributed by atoms with Gasteiger partial charge in [0.05, 0.1) is 13.7 Å². The molecule has 1 aromatic heterocycles. The number of likely N-dealkylation sites (tertiary alicyclic amines) is 1. The van der Waals surface area contributed by atoms with E-state index in [9.17, 15) is 4.79 Å². The highest BCUT2D eigenvalue weighted by Crippen LogP contribution is 2.26. The van der Waals surface area contributed by atoms with Gasteiger partial charge < -0.3 is 14.6 Å². The van der Waals surface area contributed by atoms with Gasteiger partial charge in [0.15, 0.2) is 0 Å². The lowest BCUT2D eigenvalue weighted by Crippen LogP contribution is -2.37. The van der Waals surface area contributed by atoms with Crippen molar-refractivity contribution in [1.29, 1.82) is 0 Å². The van der Waals surface area contributed by atoms with E-state index in [4.69, 9.17) is 9.26 Å². The molecule has 4 aromatic rings. The third kappa shape index (κ3) is 4.73. The smallest absolute Gasteiger partial charge is 0.241 e. The quantitative estimate of drug-likeness (QED) is 0.464. The van der Waals surface area contributed by atoms with Crippen LogP contribution in [0.5, 0.6) is 5.75 Å². The number of benzene rings is 3. The van der Waals surface area contributed by atoms with Crippen LogP contribution in [0.2, 0.25) is 0 Å². The number of carbonyl (C=O) groups is 1. The molecular formula is C26H26N4O3. The first-order chi connectivity index (χ1) is 16.2. The number of rotatable bonds is 6. The fraction of sp³-hybridized carbons (Fsp3) is 0.269. The maximum absolute atomic E-state index is 12.9. The van der Waals surface area contributed by atoms with E-state index in [2.05, 4.69) is 32.5 Å². The van der Waals surface area contributed by atoms with E-state index in [0.717, 1.165) is 53.7 Å². The first-order valence-corrected chi connectivity index (χ1v) is 11.2. The average Bonchev–Trinajstić information content (AvgIpc) is 3.33. The lowest BCUT2D eigenvalue weighted by atomic mass is 9.95. The molecule has 3 aromatic carbocycles. The number of aromatic nitrogens is 2. The number of methoxy groups -OCH3 is 1. The van der Waals surface area contributed by atoms with E-state index in [0.29, 0.717) is 18.3 Å². The maximum Gasteiger partial charge on any atom is 0.241 e. The van der Waals surface area contributed by atoms with Crippen LogP contribution in [-0.2, 0) is 11.3 Å². The monoisotopic (exact) mass is 442 g/mol. The average molecular weight is 443 g/mol. The van der Waals surface area contributed by atoms with Crippen molar-refractivity contribution in [2.24, 2.45) is 5.92 Å². The molecular weight excluding hydrogens is 416 g/mol. The normalized spacial score (nSPS) is 14.9. The Hall–Kier alpha value is -3.71. The summed E-state index contributed by atoms with van der Waals surface area (Å²) in [5, 5.41) is 9.43. The molecule has 0 unspecified atom stereocenters. The number of nitrogens with zero attached hydrogens (tertiary/aromatic N) is 3. The molecule has 7 nitrogen and oxygen atoms in total. The predicted octanol–water partition coefficient (Wildman–Crippen LogP) is 4.75. The highest BCUT2D eigenvalue weighted by Gasteiger charge is 2.26. The number of fused-ring (bicyclic) bond motifs is 1. The van der Waals surface area contributed by atoms with E-state index >= 15 is 0 Å². The van der Waals surface area contributed by atoms with Gasteiger partial charge in [-0.15, -0.1) is 0 Å². The van der Waals surface area contributed by atoms with Crippen molar-refractivity contribution in [3.05, 3.63) is 72.6 Å². The van der Waals surface area contributed by atoms with E-state index in [1.807, 2.05) is 54.6 Å². The van der Waals surface area contributed by atoms with Crippen LogP contribution in [0.15, 0.2) is 71.3 Å². The number of anilines is 1. The molecule has 0 saturated carbocycles. The van der Waals surface area contributed by atoms with Crippen LogP contribution in [0.25, 0.3) is 22.2 Å². The number of hydrogen-bond acceptors (Lipinski definition) is 6. The summed E-state index contributed by atoms with van der Waals surface area (Å²) in [5.41, 5.74) is 1.76. The zero-order valence-electron chi connectivity index (χ0n) is 18.5. The van der Waals surface area contributed by atoms with Gasteiger partial charge in [-0.25, -0.2) is 0 Å². The summed E-state index contributed by atoms with van der Waals surface area (Å²) in [5.74, 6) is 2.02. The SMILES string of the molecule is COc1ccc(-c2noc(CN3CCC(C(=O)Nc4cccc5ccccc45)CC3)n2)cc1. The Labute approximate surface area is 192 Å². The summed E-state index contributed by atoms with van der Waals surface area (Å²) < 4.78 is 10.6. The van der Waals surface area contributed by atoms with Crippen molar-refractivity contribution >= 4 is 22.4 Å². The summed E-state index contributed by atoms with van der Waals surface area (Å²) in [6, 6.07) is 21.7. The Balaban J connectivity index is 1.16. The molecule has 2 heterocycles. The van der Waals surface area contributed by atoms with Gasteiger partial charge in [0.25, 0.3) is 0 Å². The Kier molecular flexibility index (Phi) is 6.04. The van der Waals surface area contributed by atoms with Gasteiger partial charge in [-0.05, 0) is 61.6 Å². The Bertz CT molecular complexity index is 1240. The molecule has 1 fully saturated rings. The highest BCUT2D eigenvalue weighted by atomic mass is 16.5. The standard InChI is InChI=1S/C26H26N4O3/c1-32-21-11-9-19(10-12-21)25-28-24(33-29-25)17-30-15-13-20(14-16-30)26(31)27-23-8-4-6-18-5-2-3-7-22(18)23/h2-12,20H,13-17H2,1H3,(H,27,31). The molecule has 1 aliphatic heterocycles. The molecule has 0 aliphatic carbocycles. The molecule has 1 saturated heterocycles. The number of nitrogens with one attached hydrogen (secondary N) is 1. The lowest BCUT2D eigenvalue weighted by Gasteiger charge is -2.30. The van der Waals surface area contributed by atoms with Crippen molar-refractivity contribution < 1.29 is 14.1 Å². The maximum atomic E-state index is 12.9. The fourth-order valence-corrected chi connectivity index (χ4v) is 4.29. The lowest BCUT2D eigenvalue weighted by molar-refractivity contribution is -0.121. The molecule has 168 valence electrons. The van der Waals surface area contributed by atoms with Crippen LogP contribution in [0, 0.1) is 5.92 Å². The number of hydrogen-bond donors (Lipinski definition) is 1. The van der Waals surface area contributed by atoms with Crippen LogP contribution in [0.3, 0.4) is 0 Å². The minimum Gasteiger partial charge on any atom is -0.497 e. The first kappa shape index (κ1) is 21.2. The highest BCUT2D eigenvalue weighted by molar-refractivity contribution is 6.02. The second-order valence-electron chi connectivity index (χ2n) is 8.31. The third-order valence-corrected chi connectivity index (χ3v) is 6.18. The molecule has 1 N–H and O–H groups in total. The summed E-state index contributed by atoms with van der Waals surface area (Å²) in [4.78, 5) is 19.7. The Morgan fingerprint density at radius 3 is 2.61 bits per heavy atom. The number of piperidine rings is 1. The van der Waals surface area contributed by atoms with Gasteiger partial charge in [-0.1, -0.05) is 41.6 Å². The van der Waals surface area contributed by atoms with Crippen molar-refractivity contribution in [1.82, 2.24) is 15.0 Å². The van der Waals surface area contributed by atoms with Gasteiger partial charge in [0, 0.05) is 22.6 Å².